The number of benzene rings is 2. The number of aromatic nitrogens is 2. The van der Waals surface area contributed by atoms with Gasteiger partial charge >= 0.3 is 6.03 Å². The fourth-order valence-corrected chi connectivity index (χ4v) is 3.26. The number of carbonyl (C=O) groups is 1. The molecule has 1 aliphatic heterocycles. The minimum absolute atomic E-state index is 0.0931. The van der Waals surface area contributed by atoms with Crippen LogP contribution in [-0.2, 0) is 0 Å². The molecule has 1 aromatic heterocycles. The van der Waals surface area contributed by atoms with Gasteiger partial charge in [0.25, 0.3) is 0 Å². The van der Waals surface area contributed by atoms with Crippen LogP contribution in [-0.4, -0.2) is 27.6 Å². The second kappa shape index (κ2) is 7.55. The van der Waals surface area contributed by atoms with Gasteiger partial charge in [-0.3, -0.25) is 0 Å². The minimum Gasteiger partial charge on any atom is -0.337 e. The second-order valence-corrected chi connectivity index (χ2v) is 6.81. The molecule has 144 valence electrons. The first-order chi connectivity index (χ1) is 13.5. The van der Waals surface area contributed by atoms with Gasteiger partial charge in [0.1, 0.15) is 17.7 Å². The van der Waals surface area contributed by atoms with Crippen molar-refractivity contribution in [2.45, 2.75) is 18.9 Å². The molecule has 0 radical (unpaired) electrons. The molecule has 4 rings (SSSR count). The number of nitrogens with zero attached hydrogens (tertiary/aromatic N) is 3. The molecule has 0 saturated carbocycles. The van der Waals surface area contributed by atoms with Crippen LogP contribution in [0.5, 0.6) is 0 Å². The van der Waals surface area contributed by atoms with Crippen molar-refractivity contribution in [2.75, 3.05) is 11.9 Å². The Hall–Kier alpha value is -3.00. The Labute approximate surface area is 164 Å². The number of carbonyl (C=O) groups excluding carboxylic acids is 1. The maximum atomic E-state index is 13.8. The van der Waals surface area contributed by atoms with Crippen LogP contribution in [0.15, 0.2) is 47.0 Å². The lowest BCUT2D eigenvalue weighted by Gasteiger charge is -2.22. The molecule has 0 spiro atoms. The lowest BCUT2D eigenvalue weighted by Crippen LogP contribution is -2.34. The van der Waals surface area contributed by atoms with E-state index < -0.39 is 23.7 Å². The fraction of sp³-hybridized carbons (Fsp3) is 0.211. The van der Waals surface area contributed by atoms with E-state index in [1.54, 1.807) is 24.3 Å². The van der Waals surface area contributed by atoms with E-state index in [2.05, 4.69) is 15.5 Å². The summed E-state index contributed by atoms with van der Waals surface area (Å²) in [4.78, 5) is 18.5. The normalized spacial score (nSPS) is 16.4. The van der Waals surface area contributed by atoms with Crippen molar-refractivity contribution in [3.8, 4) is 11.4 Å². The summed E-state index contributed by atoms with van der Waals surface area (Å²) in [7, 11) is 0. The predicted octanol–water partition coefficient (Wildman–Crippen LogP) is 5.04. The minimum atomic E-state index is -0.841. The third-order valence-electron chi connectivity index (χ3n) is 4.52. The molecule has 1 aliphatic rings. The van der Waals surface area contributed by atoms with Gasteiger partial charge in [0.15, 0.2) is 0 Å². The molecule has 1 fully saturated rings. The van der Waals surface area contributed by atoms with Gasteiger partial charge in [0.2, 0.25) is 11.7 Å². The van der Waals surface area contributed by atoms with E-state index >= 15 is 0 Å². The Bertz CT molecular complexity index is 1010. The molecule has 0 aliphatic carbocycles. The number of likely N-dealkylation sites (tertiary alicyclic amines) is 1. The molecule has 2 aromatic carbocycles. The van der Waals surface area contributed by atoms with Crippen LogP contribution >= 0.6 is 11.6 Å². The summed E-state index contributed by atoms with van der Waals surface area (Å²) in [5, 5.41) is 7.03. The Morgan fingerprint density at radius 1 is 1.21 bits per heavy atom. The monoisotopic (exact) mass is 404 g/mol. The summed E-state index contributed by atoms with van der Waals surface area (Å²) in [5.74, 6) is -0.859. The number of nitrogens with one attached hydrogen (secondary N) is 1. The summed E-state index contributed by atoms with van der Waals surface area (Å²) >= 11 is 5.89. The Morgan fingerprint density at radius 3 is 2.75 bits per heavy atom. The Kier molecular flexibility index (Phi) is 4.95. The quantitative estimate of drug-likeness (QED) is 0.664. The fourth-order valence-electron chi connectivity index (χ4n) is 3.13. The third-order valence-corrected chi connectivity index (χ3v) is 4.77. The highest BCUT2D eigenvalue weighted by molar-refractivity contribution is 6.30. The average molecular weight is 405 g/mol. The zero-order valence-electron chi connectivity index (χ0n) is 14.5. The molecule has 2 heterocycles. The molecule has 9 heteroatoms. The van der Waals surface area contributed by atoms with E-state index in [4.69, 9.17) is 16.1 Å². The number of anilines is 1. The molecule has 1 N–H and O–H groups in total. The van der Waals surface area contributed by atoms with Crippen molar-refractivity contribution in [1.29, 1.82) is 0 Å². The number of urea groups is 1. The van der Waals surface area contributed by atoms with Gasteiger partial charge in [0.05, 0.1) is 5.69 Å². The van der Waals surface area contributed by atoms with Gasteiger partial charge in [-0.2, -0.15) is 4.98 Å². The summed E-state index contributed by atoms with van der Waals surface area (Å²) < 4.78 is 32.2. The molecule has 1 unspecified atom stereocenters. The lowest BCUT2D eigenvalue weighted by molar-refractivity contribution is 0.193. The van der Waals surface area contributed by atoms with Crippen LogP contribution in [0.4, 0.5) is 19.3 Å². The number of hydrogen-bond donors (Lipinski definition) is 1. The molecule has 1 saturated heterocycles. The van der Waals surface area contributed by atoms with Crippen LogP contribution in [0.1, 0.15) is 24.8 Å². The van der Waals surface area contributed by atoms with Crippen LogP contribution < -0.4 is 5.32 Å². The van der Waals surface area contributed by atoms with Gasteiger partial charge in [-0.15, -0.1) is 0 Å². The maximum absolute atomic E-state index is 13.8. The van der Waals surface area contributed by atoms with Crippen LogP contribution in [0.2, 0.25) is 5.02 Å². The van der Waals surface area contributed by atoms with E-state index in [0.29, 0.717) is 35.8 Å². The van der Waals surface area contributed by atoms with E-state index in [0.717, 1.165) is 18.1 Å². The summed E-state index contributed by atoms with van der Waals surface area (Å²) in [6.45, 7) is 0.456. The molecule has 0 bridgehead atoms. The highest BCUT2D eigenvalue weighted by atomic mass is 35.5. The molecule has 3 aromatic rings. The van der Waals surface area contributed by atoms with Gasteiger partial charge in [-0.25, -0.2) is 13.6 Å². The first kappa shape index (κ1) is 18.4. The highest BCUT2D eigenvalue weighted by Gasteiger charge is 2.34. The predicted molar refractivity (Wildman–Crippen MR) is 98.8 cm³/mol. The van der Waals surface area contributed by atoms with E-state index in [1.165, 1.54) is 11.0 Å². The van der Waals surface area contributed by atoms with Gasteiger partial charge in [-0.05, 0) is 49.2 Å². The van der Waals surface area contributed by atoms with Crippen molar-refractivity contribution in [1.82, 2.24) is 15.0 Å². The number of hydrogen-bond acceptors (Lipinski definition) is 4. The summed E-state index contributed by atoms with van der Waals surface area (Å²) in [5.41, 5.74) is 0.645. The Morgan fingerprint density at radius 2 is 2.00 bits per heavy atom. The van der Waals surface area contributed by atoms with Crippen molar-refractivity contribution >= 4 is 23.3 Å². The van der Waals surface area contributed by atoms with Crippen molar-refractivity contribution in [2.24, 2.45) is 0 Å². The lowest BCUT2D eigenvalue weighted by atomic mass is 10.2. The molecule has 6 nitrogen and oxygen atoms in total. The number of halogens is 3. The maximum Gasteiger partial charge on any atom is 0.322 e. The number of amides is 2. The van der Waals surface area contributed by atoms with Gasteiger partial charge in [0, 0.05) is 23.2 Å². The smallest absolute Gasteiger partial charge is 0.322 e. The topological polar surface area (TPSA) is 71.3 Å². The van der Waals surface area contributed by atoms with Crippen molar-refractivity contribution < 1.29 is 18.1 Å². The standard InChI is InChI=1S/C19H15ClF2N4O2/c20-12-5-3-11(4-6-12)17-24-18(28-25-17)16-2-1-9-26(16)19(27)23-15-8-7-13(21)10-14(15)22/h3-8,10,16H,1-2,9H2,(H,23,27). The van der Waals surface area contributed by atoms with Gasteiger partial charge in [-0.1, -0.05) is 16.8 Å². The van der Waals surface area contributed by atoms with E-state index in [1.807, 2.05) is 0 Å². The first-order valence-corrected chi connectivity index (χ1v) is 9.01. The zero-order chi connectivity index (χ0) is 19.7. The Balaban J connectivity index is 1.52. The first-order valence-electron chi connectivity index (χ1n) is 8.63. The van der Waals surface area contributed by atoms with Gasteiger partial charge < -0.3 is 14.7 Å². The van der Waals surface area contributed by atoms with Crippen LogP contribution in [0.3, 0.4) is 0 Å². The molecule has 28 heavy (non-hydrogen) atoms. The highest BCUT2D eigenvalue weighted by Crippen LogP contribution is 2.33. The average Bonchev–Trinajstić information content (AvgIpc) is 3.33. The van der Waals surface area contributed by atoms with Crippen molar-refractivity contribution in [3.05, 3.63) is 65.0 Å². The van der Waals surface area contributed by atoms with E-state index in [9.17, 15) is 13.6 Å². The van der Waals surface area contributed by atoms with Crippen LogP contribution in [0, 0.1) is 11.6 Å². The third kappa shape index (κ3) is 3.68. The number of rotatable bonds is 3. The van der Waals surface area contributed by atoms with Crippen molar-refractivity contribution in [3.63, 3.8) is 0 Å². The molecule has 1 atom stereocenters. The molecule has 2 amide bonds. The summed E-state index contributed by atoms with van der Waals surface area (Å²) in [6, 6.07) is 9.03. The molecular formula is C19H15ClF2N4O2. The summed E-state index contributed by atoms with van der Waals surface area (Å²) in [6.07, 6.45) is 1.38. The SMILES string of the molecule is O=C(Nc1ccc(F)cc1F)N1CCCC1c1nc(-c2ccc(Cl)cc2)no1. The zero-order valence-corrected chi connectivity index (χ0v) is 15.3. The van der Waals surface area contributed by atoms with Crippen LogP contribution in [0.25, 0.3) is 11.4 Å². The second-order valence-electron chi connectivity index (χ2n) is 6.37. The largest absolute Gasteiger partial charge is 0.337 e. The molecular weight excluding hydrogens is 390 g/mol. The van der Waals surface area contributed by atoms with E-state index in [-0.39, 0.29) is 5.69 Å².